The van der Waals surface area contributed by atoms with Crippen molar-refractivity contribution in [2.24, 2.45) is 0 Å². The van der Waals surface area contributed by atoms with Crippen LogP contribution < -0.4 is 14.4 Å². The molecule has 0 radical (unpaired) electrons. The number of sulfonamides is 1. The molecule has 0 fully saturated rings. The van der Waals surface area contributed by atoms with Gasteiger partial charge in [-0.3, -0.25) is 9.10 Å². The van der Waals surface area contributed by atoms with Crippen LogP contribution in [-0.4, -0.2) is 27.5 Å². The van der Waals surface area contributed by atoms with E-state index in [9.17, 15) is 13.2 Å². The molecule has 0 aromatic heterocycles. The Bertz CT molecular complexity index is 1320. The van der Waals surface area contributed by atoms with E-state index >= 15 is 0 Å². The molecule has 0 unspecified atom stereocenters. The zero-order chi connectivity index (χ0) is 25.4. The van der Waals surface area contributed by atoms with Crippen LogP contribution in [0.3, 0.4) is 0 Å². The summed E-state index contributed by atoms with van der Waals surface area (Å²) in [5, 5.41) is 3.05. The molecule has 0 saturated heterocycles. The number of rotatable bonds is 10. The van der Waals surface area contributed by atoms with Crippen molar-refractivity contribution in [1.29, 1.82) is 0 Å². The minimum atomic E-state index is -3.68. The summed E-state index contributed by atoms with van der Waals surface area (Å²) in [5.74, 6) is 0.205. The maximum atomic E-state index is 13.0. The van der Waals surface area contributed by atoms with Crippen LogP contribution in [0.1, 0.15) is 24.1 Å². The van der Waals surface area contributed by atoms with Crippen LogP contribution in [0.15, 0.2) is 120 Å². The maximum absolute atomic E-state index is 13.0. The number of anilines is 1. The Morgan fingerprint density at radius 2 is 1.28 bits per heavy atom. The Morgan fingerprint density at radius 1 is 0.778 bits per heavy atom. The number of nitrogens with one attached hydrogen (secondary N) is 1. The minimum Gasteiger partial charge on any atom is -0.484 e. The molecule has 0 heterocycles. The van der Waals surface area contributed by atoms with Gasteiger partial charge in [-0.1, -0.05) is 78.9 Å². The number of carbonyl (C=O) groups is 1. The van der Waals surface area contributed by atoms with Gasteiger partial charge in [-0.15, -0.1) is 0 Å². The molecule has 0 spiro atoms. The van der Waals surface area contributed by atoms with E-state index in [0.29, 0.717) is 11.4 Å². The minimum absolute atomic E-state index is 0.171. The van der Waals surface area contributed by atoms with E-state index in [0.717, 1.165) is 11.1 Å². The van der Waals surface area contributed by atoms with Gasteiger partial charge in [0.2, 0.25) is 0 Å². The molecule has 4 rings (SSSR count). The number of amides is 1. The first kappa shape index (κ1) is 25.0. The van der Waals surface area contributed by atoms with Gasteiger partial charge < -0.3 is 10.1 Å². The van der Waals surface area contributed by atoms with Crippen LogP contribution in [0.2, 0.25) is 0 Å². The summed E-state index contributed by atoms with van der Waals surface area (Å²) in [6, 6.07) is 34.2. The predicted octanol–water partition coefficient (Wildman–Crippen LogP) is 5.19. The average Bonchev–Trinajstić information content (AvgIpc) is 2.93. The third kappa shape index (κ3) is 5.93. The number of benzene rings is 4. The van der Waals surface area contributed by atoms with Gasteiger partial charge in [-0.2, -0.15) is 0 Å². The molecule has 0 atom stereocenters. The normalized spacial score (nSPS) is 11.2. The standard InChI is InChI=1S/C29H28N2O4S/c1-2-31(36(33,34)27-16-10-5-11-17-27)25-18-20-26(21-19-25)35-22-28(32)30-29(23-12-6-3-7-13-23)24-14-8-4-9-15-24/h3-21,29H,2,22H2,1H3,(H,30,32). The van der Waals surface area contributed by atoms with E-state index in [1.807, 2.05) is 60.7 Å². The molecule has 4 aromatic rings. The average molecular weight is 501 g/mol. The summed E-state index contributed by atoms with van der Waals surface area (Å²) < 4.78 is 33.1. The van der Waals surface area contributed by atoms with Crippen molar-refractivity contribution in [2.45, 2.75) is 17.9 Å². The van der Waals surface area contributed by atoms with Crippen molar-refractivity contribution in [3.8, 4) is 5.75 Å². The lowest BCUT2D eigenvalue weighted by Crippen LogP contribution is -2.33. The van der Waals surface area contributed by atoms with Crippen LogP contribution in [0.5, 0.6) is 5.75 Å². The number of carbonyl (C=O) groups excluding carboxylic acids is 1. The van der Waals surface area contributed by atoms with Crippen LogP contribution in [0, 0.1) is 0 Å². The van der Waals surface area contributed by atoms with Gasteiger partial charge in [-0.05, 0) is 54.4 Å². The highest BCUT2D eigenvalue weighted by atomic mass is 32.2. The molecule has 0 aliphatic carbocycles. The smallest absolute Gasteiger partial charge is 0.264 e. The fraction of sp³-hybridized carbons (Fsp3) is 0.138. The Morgan fingerprint density at radius 3 is 1.78 bits per heavy atom. The quantitative estimate of drug-likeness (QED) is 0.325. The van der Waals surface area contributed by atoms with E-state index in [4.69, 9.17) is 4.74 Å². The van der Waals surface area contributed by atoms with Crippen molar-refractivity contribution in [2.75, 3.05) is 17.5 Å². The van der Waals surface area contributed by atoms with Gasteiger partial charge in [0.25, 0.3) is 15.9 Å². The number of hydrogen-bond donors (Lipinski definition) is 1. The van der Waals surface area contributed by atoms with Crippen LogP contribution in [0.25, 0.3) is 0 Å². The molecule has 0 bridgehead atoms. The van der Waals surface area contributed by atoms with Gasteiger partial charge in [0.15, 0.2) is 6.61 Å². The Labute approximate surface area is 212 Å². The largest absolute Gasteiger partial charge is 0.484 e. The van der Waals surface area contributed by atoms with Crippen molar-refractivity contribution >= 4 is 21.6 Å². The topological polar surface area (TPSA) is 75.7 Å². The van der Waals surface area contributed by atoms with Crippen molar-refractivity contribution < 1.29 is 17.9 Å². The first-order valence-corrected chi connectivity index (χ1v) is 13.1. The van der Waals surface area contributed by atoms with E-state index in [1.165, 1.54) is 4.31 Å². The molecule has 4 aromatic carbocycles. The highest BCUT2D eigenvalue weighted by Gasteiger charge is 2.23. The molecule has 36 heavy (non-hydrogen) atoms. The lowest BCUT2D eigenvalue weighted by atomic mass is 9.99. The summed E-state index contributed by atoms with van der Waals surface area (Å²) in [6.07, 6.45) is 0. The molecule has 7 heteroatoms. The summed E-state index contributed by atoms with van der Waals surface area (Å²) in [6.45, 7) is 1.89. The fourth-order valence-electron chi connectivity index (χ4n) is 3.92. The number of nitrogens with zero attached hydrogens (tertiary/aromatic N) is 1. The number of hydrogen-bond acceptors (Lipinski definition) is 4. The van der Waals surface area contributed by atoms with Gasteiger partial charge in [0.1, 0.15) is 5.75 Å². The second kappa shape index (κ2) is 11.6. The number of ether oxygens (including phenoxy) is 1. The Hall–Kier alpha value is -4.10. The molecule has 1 amide bonds. The summed E-state index contributed by atoms with van der Waals surface area (Å²) in [5.41, 5.74) is 2.47. The fourth-order valence-corrected chi connectivity index (χ4v) is 5.42. The zero-order valence-corrected chi connectivity index (χ0v) is 20.8. The highest BCUT2D eigenvalue weighted by molar-refractivity contribution is 7.92. The zero-order valence-electron chi connectivity index (χ0n) is 19.9. The van der Waals surface area contributed by atoms with E-state index in [2.05, 4.69) is 5.32 Å². The van der Waals surface area contributed by atoms with Crippen LogP contribution >= 0.6 is 0 Å². The second-order valence-electron chi connectivity index (χ2n) is 8.09. The third-order valence-corrected chi connectivity index (χ3v) is 7.60. The Balaban J connectivity index is 1.42. The van der Waals surface area contributed by atoms with Gasteiger partial charge in [-0.25, -0.2) is 8.42 Å². The summed E-state index contributed by atoms with van der Waals surface area (Å²) >= 11 is 0. The van der Waals surface area contributed by atoms with Crippen LogP contribution in [-0.2, 0) is 14.8 Å². The molecular formula is C29H28N2O4S. The third-order valence-electron chi connectivity index (χ3n) is 5.68. The van der Waals surface area contributed by atoms with Gasteiger partial charge in [0, 0.05) is 6.54 Å². The van der Waals surface area contributed by atoms with Crippen molar-refractivity contribution in [3.63, 3.8) is 0 Å². The lowest BCUT2D eigenvalue weighted by molar-refractivity contribution is -0.123. The molecule has 0 saturated carbocycles. The molecule has 0 aliphatic heterocycles. The predicted molar refractivity (Wildman–Crippen MR) is 141 cm³/mol. The molecule has 184 valence electrons. The molecular weight excluding hydrogens is 472 g/mol. The monoisotopic (exact) mass is 500 g/mol. The maximum Gasteiger partial charge on any atom is 0.264 e. The summed E-state index contributed by atoms with van der Waals surface area (Å²) in [7, 11) is -3.68. The molecule has 6 nitrogen and oxygen atoms in total. The molecule has 1 N–H and O–H groups in total. The highest BCUT2D eigenvalue weighted by Crippen LogP contribution is 2.26. The molecule has 0 aliphatic rings. The first-order valence-electron chi connectivity index (χ1n) is 11.7. The van der Waals surface area contributed by atoms with Gasteiger partial charge >= 0.3 is 0 Å². The van der Waals surface area contributed by atoms with Crippen molar-refractivity contribution in [1.82, 2.24) is 5.32 Å². The summed E-state index contributed by atoms with van der Waals surface area (Å²) in [4.78, 5) is 13.0. The first-order chi connectivity index (χ1) is 17.5. The van der Waals surface area contributed by atoms with Crippen molar-refractivity contribution in [3.05, 3.63) is 126 Å². The SMILES string of the molecule is CCN(c1ccc(OCC(=O)NC(c2ccccc2)c2ccccc2)cc1)S(=O)(=O)c1ccccc1. The van der Waals surface area contributed by atoms with E-state index in [-0.39, 0.29) is 30.0 Å². The second-order valence-corrected chi connectivity index (χ2v) is 9.95. The van der Waals surface area contributed by atoms with Crippen LogP contribution in [0.4, 0.5) is 5.69 Å². The van der Waals surface area contributed by atoms with E-state index in [1.54, 1.807) is 61.5 Å². The lowest BCUT2D eigenvalue weighted by Gasteiger charge is -2.23. The van der Waals surface area contributed by atoms with E-state index < -0.39 is 10.0 Å². The Kier molecular flexibility index (Phi) is 8.02. The van der Waals surface area contributed by atoms with Gasteiger partial charge in [0.05, 0.1) is 16.6 Å².